The number of hydrogen-bond acceptors (Lipinski definition) is 5. The van der Waals surface area contributed by atoms with Crippen LogP contribution in [0.3, 0.4) is 0 Å². The van der Waals surface area contributed by atoms with Gasteiger partial charge >= 0.3 is 0 Å². The molecule has 3 N–H and O–H groups in total. The summed E-state index contributed by atoms with van der Waals surface area (Å²) in [5.74, 6) is -0.376. The largest absolute Gasteiger partial charge is 0.389 e. The highest BCUT2D eigenvalue weighted by molar-refractivity contribution is 7.92. The second-order valence-electron chi connectivity index (χ2n) is 10.1. The van der Waals surface area contributed by atoms with E-state index in [4.69, 9.17) is 11.6 Å². The first-order valence-corrected chi connectivity index (χ1v) is 15.3. The normalized spacial score (nSPS) is 15.8. The van der Waals surface area contributed by atoms with Crippen LogP contribution in [0, 0.1) is 0 Å². The summed E-state index contributed by atoms with van der Waals surface area (Å²) < 4.78 is 29.1. The SMILES string of the molecule is CCn1cc2c3c(cc(C(=O)N[C@@H](Cc4ccccc4)[C@H](O)CNc4ccc(Cl)cc4)cc31)N(C)S(=O)(=O)CC2. The molecule has 1 amide bonds. The van der Waals surface area contributed by atoms with Gasteiger partial charge in [-0.2, -0.15) is 0 Å². The number of aromatic nitrogens is 1. The number of sulfonamides is 1. The Morgan fingerprint density at radius 1 is 1.10 bits per heavy atom. The Morgan fingerprint density at radius 3 is 2.52 bits per heavy atom. The van der Waals surface area contributed by atoms with E-state index in [2.05, 4.69) is 10.6 Å². The minimum absolute atomic E-state index is 0.00843. The molecule has 0 unspecified atom stereocenters. The van der Waals surface area contributed by atoms with E-state index in [-0.39, 0.29) is 18.2 Å². The maximum absolute atomic E-state index is 13.7. The monoisotopic (exact) mass is 580 g/mol. The van der Waals surface area contributed by atoms with Gasteiger partial charge in [0.2, 0.25) is 10.0 Å². The van der Waals surface area contributed by atoms with Crippen LogP contribution in [0.4, 0.5) is 11.4 Å². The average molecular weight is 581 g/mol. The van der Waals surface area contributed by atoms with Crippen molar-refractivity contribution >= 4 is 49.8 Å². The van der Waals surface area contributed by atoms with Crippen LogP contribution >= 0.6 is 11.6 Å². The lowest BCUT2D eigenvalue weighted by Crippen LogP contribution is -2.47. The third kappa shape index (κ3) is 5.82. The number of carbonyl (C=O) groups excluding carboxylic acids is 1. The van der Waals surface area contributed by atoms with Gasteiger partial charge in [0.25, 0.3) is 5.91 Å². The number of aliphatic hydroxyl groups excluding tert-OH is 1. The summed E-state index contributed by atoms with van der Waals surface area (Å²) in [6.45, 7) is 2.90. The van der Waals surface area contributed by atoms with Crippen molar-refractivity contribution in [2.75, 3.05) is 29.0 Å². The fraction of sp³-hybridized carbons (Fsp3) is 0.300. The van der Waals surface area contributed by atoms with E-state index in [0.717, 1.165) is 27.7 Å². The van der Waals surface area contributed by atoms with Crippen molar-refractivity contribution in [3.05, 3.63) is 94.6 Å². The predicted molar refractivity (Wildman–Crippen MR) is 161 cm³/mol. The molecule has 210 valence electrons. The van der Waals surface area contributed by atoms with Crippen molar-refractivity contribution < 1.29 is 18.3 Å². The molecule has 0 bridgehead atoms. The van der Waals surface area contributed by atoms with E-state index in [1.165, 1.54) is 11.4 Å². The lowest BCUT2D eigenvalue weighted by Gasteiger charge is -2.26. The van der Waals surface area contributed by atoms with Gasteiger partial charge in [-0.15, -0.1) is 0 Å². The van der Waals surface area contributed by atoms with Gasteiger partial charge in [-0.05, 0) is 67.3 Å². The van der Waals surface area contributed by atoms with Gasteiger partial charge in [-0.3, -0.25) is 9.10 Å². The molecule has 1 aliphatic heterocycles. The number of rotatable bonds is 9. The fourth-order valence-electron chi connectivity index (χ4n) is 5.18. The zero-order chi connectivity index (χ0) is 28.4. The molecule has 40 heavy (non-hydrogen) atoms. The van der Waals surface area contributed by atoms with Crippen molar-refractivity contribution in [2.24, 2.45) is 0 Å². The molecule has 10 heteroatoms. The zero-order valence-corrected chi connectivity index (χ0v) is 24.0. The van der Waals surface area contributed by atoms with Crippen LogP contribution in [0.1, 0.15) is 28.4 Å². The predicted octanol–water partition coefficient (Wildman–Crippen LogP) is 4.45. The molecule has 0 radical (unpaired) electrons. The van der Waals surface area contributed by atoms with E-state index < -0.39 is 22.2 Å². The lowest BCUT2D eigenvalue weighted by molar-refractivity contribution is 0.0851. The Hall–Kier alpha value is -3.53. The first-order valence-electron chi connectivity index (χ1n) is 13.3. The fourth-order valence-corrected chi connectivity index (χ4v) is 6.50. The Labute approximate surface area is 239 Å². The van der Waals surface area contributed by atoms with Crippen molar-refractivity contribution in [1.82, 2.24) is 9.88 Å². The van der Waals surface area contributed by atoms with Crippen LogP contribution < -0.4 is 14.9 Å². The molecule has 2 heterocycles. The van der Waals surface area contributed by atoms with Crippen molar-refractivity contribution in [1.29, 1.82) is 0 Å². The number of benzene rings is 3. The number of nitrogens with zero attached hydrogens (tertiary/aromatic N) is 2. The molecule has 0 saturated heterocycles. The van der Waals surface area contributed by atoms with Crippen LogP contribution in [0.2, 0.25) is 5.02 Å². The number of anilines is 2. The maximum atomic E-state index is 13.7. The summed E-state index contributed by atoms with van der Waals surface area (Å²) in [5, 5.41) is 18.9. The van der Waals surface area contributed by atoms with Crippen LogP contribution in [0.25, 0.3) is 10.9 Å². The van der Waals surface area contributed by atoms with Crippen LogP contribution in [-0.4, -0.2) is 55.5 Å². The first kappa shape index (κ1) is 28.0. The van der Waals surface area contributed by atoms with Gasteiger partial charge < -0.3 is 20.3 Å². The molecular weight excluding hydrogens is 548 g/mol. The molecule has 1 aromatic heterocycles. The summed E-state index contributed by atoms with van der Waals surface area (Å²) in [7, 11) is -1.99. The molecule has 3 aromatic carbocycles. The van der Waals surface area contributed by atoms with Gasteiger partial charge in [-0.25, -0.2) is 8.42 Å². The molecule has 4 aromatic rings. The highest BCUT2D eigenvalue weighted by Gasteiger charge is 2.29. The molecule has 8 nitrogen and oxygen atoms in total. The van der Waals surface area contributed by atoms with E-state index in [9.17, 15) is 18.3 Å². The highest BCUT2D eigenvalue weighted by atomic mass is 35.5. The Kier molecular flexibility index (Phi) is 8.07. The molecule has 0 spiro atoms. The Balaban J connectivity index is 1.45. The Bertz CT molecular complexity index is 1620. The van der Waals surface area contributed by atoms with Gasteiger partial charge in [0, 0.05) is 48.0 Å². The van der Waals surface area contributed by atoms with Crippen molar-refractivity contribution in [2.45, 2.75) is 38.5 Å². The number of hydrogen-bond donors (Lipinski definition) is 3. The second kappa shape index (κ2) is 11.5. The molecule has 2 atom stereocenters. The van der Waals surface area contributed by atoms with Crippen LogP contribution in [0.15, 0.2) is 72.9 Å². The van der Waals surface area contributed by atoms with Crippen LogP contribution in [-0.2, 0) is 29.4 Å². The van der Waals surface area contributed by atoms with E-state index >= 15 is 0 Å². The summed E-state index contributed by atoms with van der Waals surface area (Å²) >= 11 is 5.98. The standard InChI is InChI=1S/C30H33ClN4O4S/c1-3-35-19-21-13-14-40(38,39)34(2)26-16-22(17-27(35)29(21)26)30(37)33-25(15-20-7-5-4-6-8-20)28(36)18-32-24-11-9-23(31)10-12-24/h4-12,16-17,19,25,28,32,36H,3,13-15,18H2,1-2H3,(H,33,37)/t25-,28+/m0/s1. The summed E-state index contributed by atoms with van der Waals surface area (Å²) in [4.78, 5) is 13.7. The third-order valence-corrected chi connectivity index (χ3v) is 9.47. The molecule has 0 fully saturated rings. The average Bonchev–Trinajstić information content (AvgIpc) is 3.28. The zero-order valence-electron chi connectivity index (χ0n) is 22.5. The van der Waals surface area contributed by atoms with Gasteiger partial charge in [0.1, 0.15) is 0 Å². The van der Waals surface area contributed by atoms with Gasteiger partial charge in [-0.1, -0.05) is 41.9 Å². The maximum Gasteiger partial charge on any atom is 0.251 e. The number of aryl methyl sites for hydroxylation is 2. The topological polar surface area (TPSA) is 104 Å². The van der Waals surface area contributed by atoms with Gasteiger partial charge in [0.15, 0.2) is 0 Å². The quantitative estimate of drug-likeness (QED) is 0.271. The number of halogens is 1. The van der Waals surface area contributed by atoms with E-state index in [0.29, 0.717) is 35.7 Å². The number of amides is 1. The minimum Gasteiger partial charge on any atom is -0.389 e. The summed E-state index contributed by atoms with van der Waals surface area (Å²) in [6.07, 6.45) is 1.89. The molecule has 1 aliphatic rings. The highest BCUT2D eigenvalue weighted by Crippen LogP contribution is 2.37. The summed E-state index contributed by atoms with van der Waals surface area (Å²) in [5.41, 5.74) is 4.37. The number of carbonyl (C=O) groups is 1. The van der Waals surface area contributed by atoms with Gasteiger partial charge in [0.05, 0.1) is 29.1 Å². The van der Waals surface area contributed by atoms with Crippen LogP contribution in [0.5, 0.6) is 0 Å². The second-order valence-corrected chi connectivity index (χ2v) is 12.6. The third-order valence-electron chi connectivity index (χ3n) is 7.47. The van der Waals surface area contributed by atoms with Crippen molar-refractivity contribution in [3.8, 4) is 0 Å². The number of aliphatic hydroxyl groups is 1. The minimum atomic E-state index is -3.52. The first-order chi connectivity index (χ1) is 19.2. The summed E-state index contributed by atoms with van der Waals surface area (Å²) in [6, 6.07) is 19.7. The lowest BCUT2D eigenvalue weighted by atomic mass is 10.00. The molecule has 0 saturated carbocycles. The number of nitrogens with one attached hydrogen (secondary N) is 2. The molecule has 0 aliphatic carbocycles. The molecule has 5 rings (SSSR count). The van der Waals surface area contributed by atoms with Crippen molar-refractivity contribution in [3.63, 3.8) is 0 Å². The smallest absolute Gasteiger partial charge is 0.251 e. The van der Waals surface area contributed by atoms with E-state index in [1.807, 2.05) is 66.2 Å². The molecular formula is C30H33ClN4O4S. The van der Waals surface area contributed by atoms with E-state index in [1.54, 1.807) is 18.2 Å². The Morgan fingerprint density at radius 2 is 1.82 bits per heavy atom.